The average Bonchev–Trinajstić information content (AvgIpc) is 3.02. The van der Waals surface area contributed by atoms with Crippen LogP contribution in [0.5, 0.6) is 0 Å². The van der Waals surface area contributed by atoms with E-state index in [0.29, 0.717) is 16.8 Å². The molecule has 7 nitrogen and oxygen atoms in total. The van der Waals surface area contributed by atoms with Gasteiger partial charge in [0.15, 0.2) is 0 Å². The van der Waals surface area contributed by atoms with Gasteiger partial charge in [0, 0.05) is 12.6 Å². The smallest absolute Gasteiger partial charge is 0.352 e. The Bertz CT molecular complexity index is 1600. The van der Waals surface area contributed by atoms with E-state index in [1.807, 2.05) is 30.3 Å². The Labute approximate surface area is 273 Å². The van der Waals surface area contributed by atoms with Crippen molar-refractivity contribution in [3.8, 4) is 0 Å². The van der Waals surface area contributed by atoms with Crippen molar-refractivity contribution in [2.75, 3.05) is 17.4 Å². The SMILES string of the molecule is CC[C@@H](C(=O)NC1CCCCC1)N(CCc1ccccc1)C(=O)CN(c1ccc(Cl)c(C(F)(F)F)c1)S(=O)(=O)c1ccc(C)cc1. The van der Waals surface area contributed by atoms with Crippen molar-refractivity contribution < 1.29 is 31.2 Å². The van der Waals surface area contributed by atoms with Gasteiger partial charge in [-0.25, -0.2) is 8.42 Å². The Morgan fingerprint density at radius 1 is 0.978 bits per heavy atom. The summed E-state index contributed by atoms with van der Waals surface area (Å²) in [7, 11) is -4.54. The summed E-state index contributed by atoms with van der Waals surface area (Å²) in [6, 6.07) is 16.9. The van der Waals surface area contributed by atoms with Crippen LogP contribution < -0.4 is 9.62 Å². The fraction of sp³-hybridized carbons (Fsp3) is 0.412. The zero-order valence-corrected chi connectivity index (χ0v) is 27.5. The fourth-order valence-electron chi connectivity index (χ4n) is 5.69. The molecule has 1 fully saturated rings. The maximum atomic E-state index is 14.2. The summed E-state index contributed by atoms with van der Waals surface area (Å²) >= 11 is 5.86. The van der Waals surface area contributed by atoms with E-state index in [-0.39, 0.29) is 35.5 Å². The third-order valence-corrected chi connectivity index (χ3v) is 10.4. The van der Waals surface area contributed by atoms with Crippen LogP contribution in [0.3, 0.4) is 0 Å². The highest BCUT2D eigenvalue weighted by molar-refractivity contribution is 7.92. The summed E-state index contributed by atoms with van der Waals surface area (Å²) in [6.07, 6.45) is 0.505. The van der Waals surface area contributed by atoms with E-state index in [1.165, 1.54) is 17.0 Å². The minimum Gasteiger partial charge on any atom is -0.352 e. The zero-order valence-electron chi connectivity index (χ0n) is 25.9. The molecule has 0 bridgehead atoms. The molecule has 4 rings (SSSR count). The quantitative estimate of drug-likeness (QED) is 0.220. The van der Waals surface area contributed by atoms with Gasteiger partial charge in [0.05, 0.1) is 21.2 Å². The number of anilines is 1. The number of carbonyl (C=O) groups is 2. The number of hydrogen-bond acceptors (Lipinski definition) is 4. The Balaban J connectivity index is 1.74. The lowest BCUT2D eigenvalue weighted by Crippen LogP contribution is -2.54. The van der Waals surface area contributed by atoms with Gasteiger partial charge in [-0.2, -0.15) is 13.2 Å². The Morgan fingerprint density at radius 3 is 2.24 bits per heavy atom. The van der Waals surface area contributed by atoms with Crippen LogP contribution >= 0.6 is 11.6 Å². The number of halogens is 4. The van der Waals surface area contributed by atoms with E-state index in [1.54, 1.807) is 26.0 Å². The molecule has 1 aliphatic rings. The number of rotatable bonds is 12. The predicted octanol–water partition coefficient (Wildman–Crippen LogP) is 7.16. The van der Waals surface area contributed by atoms with Crippen molar-refractivity contribution in [1.29, 1.82) is 0 Å². The van der Waals surface area contributed by atoms with E-state index in [4.69, 9.17) is 11.6 Å². The molecule has 0 aromatic heterocycles. The molecular formula is C34H39ClF3N3O4S. The minimum atomic E-state index is -4.87. The van der Waals surface area contributed by atoms with Gasteiger partial charge in [-0.05, 0) is 68.5 Å². The molecule has 0 spiro atoms. The first-order valence-electron chi connectivity index (χ1n) is 15.4. The van der Waals surface area contributed by atoms with E-state index in [2.05, 4.69) is 5.32 Å². The number of aryl methyl sites for hydroxylation is 1. The van der Waals surface area contributed by atoms with Crippen LogP contribution in [0.4, 0.5) is 18.9 Å². The lowest BCUT2D eigenvalue weighted by atomic mass is 9.95. The Kier molecular flexibility index (Phi) is 11.8. The number of benzene rings is 3. The highest BCUT2D eigenvalue weighted by Crippen LogP contribution is 2.38. The van der Waals surface area contributed by atoms with E-state index in [0.717, 1.165) is 55.4 Å². The minimum absolute atomic E-state index is 0.0188. The average molecular weight is 678 g/mol. The molecule has 1 atom stereocenters. The molecule has 0 aliphatic heterocycles. The van der Waals surface area contributed by atoms with Gasteiger partial charge in [0.25, 0.3) is 10.0 Å². The lowest BCUT2D eigenvalue weighted by Gasteiger charge is -2.34. The molecule has 2 amide bonds. The van der Waals surface area contributed by atoms with E-state index >= 15 is 0 Å². The van der Waals surface area contributed by atoms with Gasteiger partial charge < -0.3 is 10.2 Å². The zero-order chi connectivity index (χ0) is 33.5. The van der Waals surface area contributed by atoms with Gasteiger partial charge >= 0.3 is 6.18 Å². The molecule has 0 heterocycles. The van der Waals surface area contributed by atoms with Crippen molar-refractivity contribution in [2.45, 2.75) is 81.9 Å². The number of amides is 2. The van der Waals surface area contributed by atoms with Crippen molar-refractivity contribution >= 4 is 39.1 Å². The van der Waals surface area contributed by atoms with Crippen LogP contribution in [0.15, 0.2) is 77.7 Å². The molecule has 3 aromatic carbocycles. The number of alkyl halides is 3. The summed E-state index contributed by atoms with van der Waals surface area (Å²) in [6.45, 7) is 2.79. The largest absolute Gasteiger partial charge is 0.417 e. The highest BCUT2D eigenvalue weighted by atomic mass is 35.5. The number of carbonyl (C=O) groups excluding carboxylic acids is 2. The molecule has 1 saturated carbocycles. The lowest BCUT2D eigenvalue weighted by molar-refractivity contribution is -0.140. The number of nitrogens with zero attached hydrogens (tertiary/aromatic N) is 2. The van der Waals surface area contributed by atoms with Crippen LogP contribution in [0.2, 0.25) is 5.02 Å². The van der Waals surface area contributed by atoms with Gasteiger partial charge in [-0.1, -0.05) is 85.8 Å². The van der Waals surface area contributed by atoms with Crippen molar-refractivity contribution in [1.82, 2.24) is 10.2 Å². The number of hydrogen-bond donors (Lipinski definition) is 1. The molecule has 46 heavy (non-hydrogen) atoms. The third-order valence-electron chi connectivity index (χ3n) is 8.25. The fourth-order valence-corrected chi connectivity index (χ4v) is 7.32. The molecule has 3 aromatic rings. The van der Waals surface area contributed by atoms with Crippen LogP contribution in [0.25, 0.3) is 0 Å². The molecule has 0 radical (unpaired) electrons. The summed E-state index contributed by atoms with van der Waals surface area (Å²) < 4.78 is 70.3. The van der Waals surface area contributed by atoms with Crippen LogP contribution in [-0.2, 0) is 32.2 Å². The summed E-state index contributed by atoms with van der Waals surface area (Å²) in [5.41, 5.74) is 0.0598. The first-order valence-corrected chi connectivity index (χ1v) is 17.2. The van der Waals surface area contributed by atoms with E-state index in [9.17, 15) is 31.2 Å². The Morgan fingerprint density at radius 2 is 1.63 bits per heavy atom. The standard InChI is InChI=1S/C34H39ClF3N3O4S/c1-3-31(33(43)39-26-12-8-5-9-13-26)40(21-20-25-10-6-4-7-11-25)32(42)23-41(46(44,45)28-17-14-24(2)15-18-28)27-16-19-30(35)29(22-27)34(36,37)38/h4,6-7,10-11,14-19,22,26,31H,3,5,8-9,12-13,20-21,23H2,1-2H3,(H,39,43)/t31-/m0/s1. The van der Waals surface area contributed by atoms with Crippen LogP contribution in [0, 0.1) is 6.92 Å². The second-order valence-electron chi connectivity index (χ2n) is 11.6. The normalized spacial score (nSPS) is 14.8. The second-order valence-corrected chi connectivity index (χ2v) is 13.8. The second kappa shape index (κ2) is 15.3. The molecule has 248 valence electrons. The summed E-state index contributed by atoms with van der Waals surface area (Å²) in [4.78, 5) is 29.0. The molecule has 1 aliphatic carbocycles. The summed E-state index contributed by atoms with van der Waals surface area (Å²) in [5, 5.41) is 2.47. The topological polar surface area (TPSA) is 86.8 Å². The van der Waals surface area contributed by atoms with Gasteiger partial charge in [0.2, 0.25) is 11.8 Å². The molecule has 0 saturated heterocycles. The Hall–Kier alpha value is -3.57. The van der Waals surface area contributed by atoms with Gasteiger partial charge in [-0.3, -0.25) is 13.9 Å². The first-order chi connectivity index (χ1) is 21.8. The predicted molar refractivity (Wildman–Crippen MR) is 173 cm³/mol. The van der Waals surface area contributed by atoms with E-state index < -0.39 is 45.3 Å². The maximum Gasteiger partial charge on any atom is 0.417 e. The van der Waals surface area contributed by atoms with Gasteiger partial charge in [0.1, 0.15) is 12.6 Å². The van der Waals surface area contributed by atoms with Crippen molar-refractivity contribution in [2.24, 2.45) is 0 Å². The third kappa shape index (κ3) is 8.82. The van der Waals surface area contributed by atoms with Gasteiger partial charge in [-0.15, -0.1) is 0 Å². The molecular weight excluding hydrogens is 639 g/mol. The maximum absolute atomic E-state index is 14.2. The molecule has 12 heteroatoms. The van der Waals surface area contributed by atoms with Crippen LogP contribution in [-0.4, -0.2) is 50.3 Å². The number of sulfonamides is 1. The summed E-state index contributed by atoms with van der Waals surface area (Å²) in [5.74, 6) is -1.06. The highest BCUT2D eigenvalue weighted by Gasteiger charge is 2.37. The monoisotopic (exact) mass is 677 g/mol. The first kappa shape index (κ1) is 35.3. The molecule has 0 unspecified atom stereocenters. The van der Waals surface area contributed by atoms with Crippen molar-refractivity contribution in [3.05, 3.63) is 94.5 Å². The van der Waals surface area contributed by atoms with Crippen molar-refractivity contribution in [3.63, 3.8) is 0 Å². The molecule has 1 N–H and O–H groups in total. The number of nitrogens with one attached hydrogen (secondary N) is 1. The van der Waals surface area contributed by atoms with Crippen LogP contribution in [0.1, 0.15) is 62.1 Å².